The Hall–Kier alpha value is -7.25. The number of likely N-dealkylation sites (N-methyl/N-ethyl adjacent to an activating group) is 1. The first-order valence-corrected chi connectivity index (χ1v) is 28.5. The second-order valence-electron chi connectivity index (χ2n) is 21.0. The zero-order valence-electron chi connectivity index (χ0n) is 45.8. The van der Waals surface area contributed by atoms with Crippen molar-refractivity contribution in [2.24, 2.45) is 10.9 Å². The number of Topliss-reactive ketones (excluding diaryl/α,β-unsaturated/α-hetero) is 1. The van der Waals surface area contributed by atoms with Gasteiger partial charge in [0.15, 0.2) is 11.6 Å². The minimum absolute atomic E-state index is 0.0665. The number of ether oxygens (including phenoxy) is 1. The number of halogens is 1. The topological polar surface area (TPSA) is 244 Å². The first kappa shape index (κ1) is 57.9. The number of ketones is 1. The zero-order chi connectivity index (χ0) is 56.3. The van der Waals surface area contributed by atoms with E-state index in [1.807, 2.05) is 35.8 Å². The molecule has 1 unspecified atom stereocenters. The number of likely N-dealkylation sites (tertiary alicyclic amines) is 2. The van der Waals surface area contributed by atoms with Crippen LogP contribution in [-0.4, -0.2) is 145 Å². The van der Waals surface area contributed by atoms with Gasteiger partial charge in [0, 0.05) is 68.5 Å². The summed E-state index contributed by atoms with van der Waals surface area (Å²) in [6, 6.07) is 8.77. The number of fused-ring (bicyclic) bond motifs is 5. The lowest BCUT2D eigenvalue weighted by molar-refractivity contribution is -0.139. The van der Waals surface area contributed by atoms with Crippen LogP contribution in [0.4, 0.5) is 16.0 Å². The van der Waals surface area contributed by atoms with E-state index in [1.54, 1.807) is 36.7 Å². The maximum absolute atomic E-state index is 14.5. The minimum Gasteiger partial charge on any atom is -0.467 e. The average molecular weight is 1100 g/mol. The highest BCUT2D eigenvalue weighted by Crippen LogP contribution is 2.38. The third-order valence-corrected chi connectivity index (χ3v) is 16.6. The first-order chi connectivity index (χ1) is 38.0. The number of amides is 5. The summed E-state index contributed by atoms with van der Waals surface area (Å²) in [6.45, 7) is 15.5. The second kappa shape index (κ2) is 26.6. The molecule has 5 atom stereocenters. The van der Waals surface area contributed by atoms with Crippen molar-refractivity contribution in [1.29, 1.82) is 0 Å². The molecule has 4 aliphatic rings. The number of aliphatic imine (C=N–C) groups is 1. The number of carbonyl (C=O) groups excluding carboxylic acids is 6. The Morgan fingerprint density at radius 2 is 1.71 bits per heavy atom. The van der Waals surface area contributed by atoms with Gasteiger partial charge in [-0.25, -0.2) is 14.4 Å². The van der Waals surface area contributed by atoms with Crippen LogP contribution in [0.1, 0.15) is 135 Å². The molecule has 4 aromatic rings. The molecule has 22 heteroatoms. The van der Waals surface area contributed by atoms with E-state index in [0.29, 0.717) is 97.6 Å². The third kappa shape index (κ3) is 14.0. The second-order valence-corrected chi connectivity index (χ2v) is 22.0. The van der Waals surface area contributed by atoms with Gasteiger partial charge in [-0.3, -0.25) is 33.8 Å². The van der Waals surface area contributed by atoms with Crippen LogP contribution in [-0.2, 0) is 32.3 Å². The molecular weight excluding hydrogens is 1030 g/mol. The summed E-state index contributed by atoms with van der Waals surface area (Å²) >= 11 is 1.47. The maximum Gasteiger partial charge on any atom is 0.305 e. The minimum atomic E-state index is -0.782. The molecule has 5 amide bonds. The molecule has 2 fully saturated rings. The van der Waals surface area contributed by atoms with Gasteiger partial charge in [0.05, 0.1) is 53.4 Å². The Labute approximate surface area is 465 Å². The van der Waals surface area contributed by atoms with E-state index in [1.165, 1.54) is 42.2 Å². The molecule has 420 valence electrons. The predicted octanol–water partition coefficient (Wildman–Crippen LogP) is 6.60. The number of carbonyl (C=O) groups is 6. The average Bonchev–Trinajstić information content (AvgIpc) is 4.36. The van der Waals surface area contributed by atoms with Gasteiger partial charge in [0.2, 0.25) is 23.6 Å². The van der Waals surface area contributed by atoms with Gasteiger partial charge >= 0.3 is 5.82 Å². The van der Waals surface area contributed by atoms with Gasteiger partial charge < -0.3 is 46.0 Å². The highest BCUT2D eigenvalue weighted by Gasteiger charge is 2.43. The number of rotatable bonds is 20. The van der Waals surface area contributed by atoms with Crippen molar-refractivity contribution in [2.45, 2.75) is 141 Å². The Bertz CT molecular complexity index is 2970. The van der Waals surface area contributed by atoms with Crippen LogP contribution in [0.3, 0.4) is 0 Å². The van der Waals surface area contributed by atoms with Crippen molar-refractivity contribution in [1.82, 2.24) is 50.4 Å². The molecule has 2 bridgehead atoms. The molecule has 20 nitrogen and oxygen atoms in total. The summed E-state index contributed by atoms with van der Waals surface area (Å²) in [4.78, 5) is 104. The normalized spacial score (nSPS) is 19.2. The zero-order valence-corrected chi connectivity index (χ0v) is 46.6. The van der Waals surface area contributed by atoms with Crippen LogP contribution < -0.4 is 26.4 Å². The number of benzene rings is 2. The number of nitrogens with two attached hydrogens (primary N) is 1. The lowest BCUT2D eigenvalue weighted by Gasteiger charge is -2.38. The van der Waals surface area contributed by atoms with E-state index in [2.05, 4.69) is 35.9 Å². The van der Waals surface area contributed by atoms with Gasteiger partial charge in [0.1, 0.15) is 24.0 Å². The Balaban J connectivity index is 0.764. The predicted molar refractivity (Wildman–Crippen MR) is 299 cm³/mol. The number of nitrogens with one attached hydrogen (secondary N) is 3. The Morgan fingerprint density at radius 1 is 0.987 bits per heavy atom. The van der Waals surface area contributed by atoms with E-state index < -0.39 is 30.0 Å². The van der Waals surface area contributed by atoms with Gasteiger partial charge in [-0.15, -0.1) is 11.8 Å². The number of hydrogen-bond acceptors (Lipinski definition) is 14. The molecule has 2 aromatic heterocycles. The quantitative estimate of drug-likeness (QED) is 0.0415. The van der Waals surface area contributed by atoms with Crippen LogP contribution in [0.15, 0.2) is 53.7 Å². The molecule has 6 heterocycles. The molecule has 5 N–H and O–H groups in total. The monoisotopic (exact) mass is 1100 g/mol. The summed E-state index contributed by atoms with van der Waals surface area (Å²) in [5.41, 5.74) is 9.97. The smallest absolute Gasteiger partial charge is 0.305 e. The molecular formula is C57H72FN13O7S. The standard InChI is InChI=1S/C57H72FN13O7S/c1-34-17-22-40-41(30-34)36(3)78-54-51(59)63-31-42(64-54)48-45(32-68(6)56(40)76)71(67-52(48)61-5)29-25-62-46(72)15-11-9-7-8-10-12-16-47(73)69-27-23-37(24-28-69)49(66-53(75)35(2)60-4)57(77)70-26-13-14-44(70)55-65-43(33-79-55)50(74)38-18-20-39(58)21-19-38/h17-22,30-31,35-37,43-44,49,60H,7-16,23-29,32-33H2,1-4,6H3,(H2,59,63)(H,62,72)(H,66,75)/t35-,36+,43?,44-,49-/m0/s1. The number of aryl methyl sites for hydroxylation is 1. The number of unbranched alkanes of at least 4 members (excludes halogenated alkanes) is 5. The third-order valence-electron chi connectivity index (χ3n) is 15.4. The number of nitrogen functional groups attached to an aromatic ring is 1. The summed E-state index contributed by atoms with van der Waals surface area (Å²) in [6.07, 6.45) is 9.27. The molecule has 4 aliphatic heterocycles. The van der Waals surface area contributed by atoms with E-state index in [-0.39, 0.29) is 84.4 Å². The molecule has 0 spiro atoms. The molecule has 0 radical (unpaired) electrons. The summed E-state index contributed by atoms with van der Waals surface area (Å²) < 4.78 is 21.4. The lowest BCUT2D eigenvalue weighted by Crippen LogP contribution is -2.58. The van der Waals surface area contributed by atoms with E-state index in [9.17, 15) is 33.2 Å². The summed E-state index contributed by atoms with van der Waals surface area (Å²) in [5, 5.41) is 14.3. The van der Waals surface area contributed by atoms with Crippen molar-refractivity contribution in [3.8, 4) is 17.1 Å². The Kier molecular flexibility index (Phi) is 19.5. The molecule has 0 aliphatic carbocycles. The molecule has 79 heavy (non-hydrogen) atoms. The summed E-state index contributed by atoms with van der Waals surface area (Å²) in [5.74, 6) is -0.852. The highest BCUT2D eigenvalue weighted by molar-refractivity contribution is 8.14. The van der Waals surface area contributed by atoms with Gasteiger partial charge in [-0.2, -0.15) is 4.68 Å². The van der Waals surface area contributed by atoms with Crippen LogP contribution in [0.5, 0.6) is 5.88 Å². The summed E-state index contributed by atoms with van der Waals surface area (Å²) in [7, 11) is 3.38. The number of hydrogen-bond donors (Lipinski definition) is 4. The van der Waals surface area contributed by atoms with Crippen LogP contribution in [0.25, 0.3) is 16.1 Å². The SMILES string of the molecule is [C-]#[N+]c1nn(CCNC(=O)CCCCCCCCC(=O)N2CCC([C@H](NC(=O)[C@H](C)NC)C(=O)N3CCC[C@H]3C3=NC(C(=O)c4ccc(F)cc4)CS3)CC2)c2c1-c1cnc(N)c(n1)O[C@H](C)c1cc(C)ccc1C(=O)N(C)C2. The van der Waals surface area contributed by atoms with Gasteiger partial charge in [-0.05, 0) is 108 Å². The molecule has 8 rings (SSSR count). The number of piperidine rings is 1. The molecule has 2 aromatic carbocycles. The lowest BCUT2D eigenvalue weighted by atomic mass is 9.87. The molecule has 2 saturated heterocycles. The van der Waals surface area contributed by atoms with Crippen molar-refractivity contribution in [3.63, 3.8) is 0 Å². The van der Waals surface area contributed by atoms with Crippen molar-refractivity contribution < 1.29 is 37.9 Å². The van der Waals surface area contributed by atoms with E-state index >= 15 is 0 Å². The van der Waals surface area contributed by atoms with Crippen LogP contribution in [0, 0.1) is 25.2 Å². The van der Waals surface area contributed by atoms with Gasteiger partial charge in [-0.1, -0.05) is 50.0 Å². The van der Waals surface area contributed by atoms with Crippen LogP contribution >= 0.6 is 11.8 Å². The fourth-order valence-electron chi connectivity index (χ4n) is 10.8. The van der Waals surface area contributed by atoms with Crippen molar-refractivity contribution in [3.05, 3.63) is 93.8 Å². The van der Waals surface area contributed by atoms with Crippen molar-refractivity contribution in [2.75, 3.05) is 51.8 Å². The van der Waals surface area contributed by atoms with Gasteiger partial charge in [0.25, 0.3) is 11.8 Å². The first-order valence-electron chi connectivity index (χ1n) is 27.5. The van der Waals surface area contributed by atoms with Crippen molar-refractivity contribution >= 4 is 63.8 Å². The molecule has 0 saturated carbocycles. The van der Waals surface area contributed by atoms with E-state index in [4.69, 9.17) is 22.0 Å². The maximum atomic E-state index is 14.5. The fraction of sp³-hybridized carbons (Fsp3) is 0.526. The number of nitrogens with zero attached hydrogens (tertiary/aromatic N) is 9. The highest BCUT2D eigenvalue weighted by atomic mass is 32.2. The Morgan fingerprint density at radius 3 is 2.43 bits per heavy atom. The van der Waals surface area contributed by atoms with E-state index in [0.717, 1.165) is 49.1 Å². The van der Waals surface area contributed by atoms with Crippen LogP contribution in [0.2, 0.25) is 0 Å². The number of aromatic nitrogens is 4. The fourth-order valence-corrected chi connectivity index (χ4v) is 12.0. The number of thioether (sulfide) groups is 1. The number of anilines is 1. The largest absolute Gasteiger partial charge is 0.467 e.